The fourth-order valence-electron chi connectivity index (χ4n) is 1.68. The summed E-state index contributed by atoms with van der Waals surface area (Å²) in [5.74, 6) is 6.46. The molecule has 0 saturated carbocycles. The smallest absolute Gasteiger partial charge is 0.214 e. The number of aromatic amines is 1. The first-order valence-electron chi connectivity index (χ1n) is 4.80. The van der Waals surface area contributed by atoms with Crippen LogP contribution in [0, 0.1) is 4.77 Å². The van der Waals surface area contributed by atoms with Crippen molar-refractivity contribution in [2.75, 3.05) is 12.4 Å². The van der Waals surface area contributed by atoms with Crippen molar-refractivity contribution in [1.82, 2.24) is 14.9 Å². The summed E-state index contributed by atoms with van der Waals surface area (Å²) >= 11 is 4.91. The minimum Gasteiger partial charge on any atom is -0.378 e. The summed E-state index contributed by atoms with van der Waals surface area (Å²) < 4.78 is 7.39. The Morgan fingerprint density at radius 2 is 2.57 bits per heavy atom. The standard InChI is InChI=1S/C8H14N4OS/c9-12-7(10-11-8(12)14)4-3-6-2-1-5-13-6/h6H,1-5,9H2,(H,11,14). The first kappa shape index (κ1) is 9.67. The highest BCUT2D eigenvalue weighted by atomic mass is 32.1. The molecule has 2 heterocycles. The SMILES string of the molecule is Nn1c(CCC2CCCO2)n[nH]c1=S. The highest BCUT2D eigenvalue weighted by Gasteiger charge is 2.16. The van der Waals surface area contributed by atoms with Gasteiger partial charge in [0.2, 0.25) is 4.77 Å². The highest BCUT2D eigenvalue weighted by molar-refractivity contribution is 7.71. The van der Waals surface area contributed by atoms with Gasteiger partial charge >= 0.3 is 0 Å². The largest absolute Gasteiger partial charge is 0.378 e. The molecule has 0 radical (unpaired) electrons. The second kappa shape index (κ2) is 4.10. The van der Waals surface area contributed by atoms with Crippen LogP contribution in [0.3, 0.4) is 0 Å². The Morgan fingerprint density at radius 1 is 1.71 bits per heavy atom. The lowest BCUT2D eigenvalue weighted by Gasteiger charge is -2.07. The summed E-state index contributed by atoms with van der Waals surface area (Å²) in [6.45, 7) is 0.889. The van der Waals surface area contributed by atoms with Crippen LogP contribution in [0.25, 0.3) is 0 Å². The molecule has 0 bridgehead atoms. The third-order valence-corrected chi connectivity index (χ3v) is 2.78. The van der Waals surface area contributed by atoms with Gasteiger partial charge in [0.25, 0.3) is 0 Å². The van der Waals surface area contributed by atoms with Crippen LogP contribution in [0.5, 0.6) is 0 Å². The molecular weight excluding hydrogens is 200 g/mol. The maximum atomic E-state index is 5.67. The molecule has 1 fully saturated rings. The van der Waals surface area contributed by atoms with Crippen molar-refractivity contribution in [3.05, 3.63) is 10.6 Å². The number of hydrogen-bond donors (Lipinski definition) is 2. The van der Waals surface area contributed by atoms with E-state index < -0.39 is 0 Å². The third-order valence-electron chi connectivity index (χ3n) is 2.49. The highest BCUT2D eigenvalue weighted by Crippen LogP contribution is 2.16. The van der Waals surface area contributed by atoms with Gasteiger partial charge in [-0.25, -0.2) is 4.68 Å². The zero-order chi connectivity index (χ0) is 9.97. The summed E-state index contributed by atoms with van der Waals surface area (Å²) in [7, 11) is 0. The Morgan fingerprint density at radius 3 is 3.14 bits per heavy atom. The Kier molecular flexibility index (Phi) is 2.83. The molecule has 1 atom stereocenters. The van der Waals surface area contributed by atoms with Crippen LogP contribution in [0.15, 0.2) is 0 Å². The molecule has 0 spiro atoms. The molecule has 14 heavy (non-hydrogen) atoms. The number of rotatable bonds is 3. The fraction of sp³-hybridized carbons (Fsp3) is 0.750. The van der Waals surface area contributed by atoms with E-state index in [4.69, 9.17) is 22.8 Å². The number of nitrogens with zero attached hydrogens (tertiary/aromatic N) is 2. The second-order valence-electron chi connectivity index (χ2n) is 3.49. The molecule has 0 amide bonds. The molecule has 1 aliphatic heterocycles. The van der Waals surface area contributed by atoms with Crippen LogP contribution in [-0.2, 0) is 11.2 Å². The maximum absolute atomic E-state index is 5.67. The first-order chi connectivity index (χ1) is 6.77. The number of aryl methyl sites for hydroxylation is 1. The average Bonchev–Trinajstić information content (AvgIpc) is 2.77. The van der Waals surface area contributed by atoms with Gasteiger partial charge in [0.1, 0.15) is 0 Å². The number of H-pyrrole nitrogens is 1. The number of aromatic nitrogens is 3. The first-order valence-corrected chi connectivity index (χ1v) is 5.21. The van der Waals surface area contributed by atoms with Crippen LogP contribution in [0.1, 0.15) is 25.1 Å². The van der Waals surface area contributed by atoms with Crippen LogP contribution in [0.4, 0.5) is 0 Å². The number of ether oxygens (including phenoxy) is 1. The van der Waals surface area contributed by atoms with E-state index in [1.165, 1.54) is 11.1 Å². The molecule has 5 nitrogen and oxygen atoms in total. The van der Waals surface area contributed by atoms with E-state index in [0.29, 0.717) is 10.9 Å². The van der Waals surface area contributed by atoms with E-state index in [2.05, 4.69) is 10.2 Å². The number of nitrogens with two attached hydrogens (primary N) is 1. The van der Waals surface area contributed by atoms with E-state index in [9.17, 15) is 0 Å². The maximum Gasteiger partial charge on any atom is 0.214 e. The van der Waals surface area contributed by atoms with Gasteiger partial charge in [-0.3, -0.25) is 5.10 Å². The zero-order valence-electron chi connectivity index (χ0n) is 7.90. The van der Waals surface area contributed by atoms with Crippen molar-refractivity contribution < 1.29 is 4.74 Å². The van der Waals surface area contributed by atoms with Gasteiger partial charge in [0.15, 0.2) is 5.82 Å². The Labute approximate surface area is 87.2 Å². The molecule has 1 aromatic heterocycles. The van der Waals surface area contributed by atoms with Gasteiger partial charge in [-0.15, -0.1) is 0 Å². The number of nitrogens with one attached hydrogen (secondary N) is 1. The average molecular weight is 214 g/mol. The molecule has 0 aliphatic carbocycles. The molecule has 78 valence electrons. The van der Waals surface area contributed by atoms with Gasteiger partial charge in [-0.2, -0.15) is 5.10 Å². The summed E-state index contributed by atoms with van der Waals surface area (Å²) in [6, 6.07) is 0. The second-order valence-corrected chi connectivity index (χ2v) is 3.88. The normalized spacial score (nSPS) is 21.6. The van der Waals surface area contributed by atoms with E-state index in [0.717, 1.165) is 31.7 Å². The predicted octanol–water partition coefficient (Wildman–Crippen LogP) is 0.766. The summed E-state index contributed by atoms with van der Waals surface area (Å²) in [5.41, 5.74) is 0. The molecule has 1 aliphatic rings. The lowest BCUT2D eigenvalue weighted by atomic mass is 10.1. The Balaban J connectivity index is 1.91. The number of nitrogen functional groups attached to an aromatic ring is 1. The summed E-state index contributed by atoms with van der Waals surface area (Å²) in [5, 5.41) is 6.70. The number of hydrogen-bond acceptors (Lipinski definition) is 4. The molecule has 2 rings (SSSR count). The molecule has 6 heteroatoms. The quantitative estimate of drug-likeness (QED) is 0.576. The van der Waals surface area contributed by atoms with Crippen LogP contribution in [0.2, 0.25) is 0 Å². The molecule has 1 saturated heterocycles. The van der Waals surface area contributed by atoms with Crippen LogP contribution >= 0.6 is 12.2 Å². The monoisotopic (exact) mass is 214 g/mol. The Hall–Kier alpha value is -0.880. The summed E-state index contributed by atoms with van der Waals surface area (Å²) in [6.07, 6.45) is 4.47. The summed E-state index contributed by atoms with van der Waals surface area (Å²) in [4.78, 5) is 0. The van der Waals surface area contributed by atoms with Gasteiger partial charge in [0.05, 0.1) is 6.10 Å². The van der Waals surface area contributed by atoms with Crippen LogP contribution < -0.4 is 5.84 Å². The van der Waals surface area contributed by atoms with Crippen molar-refractivity contribution in [3.8, 4) is 0 Å². The third kappa shape index (κ3) is 1.96. The molecule has 3 N–H and O–H groups in total. The van der Waals surface area contributed by atoms with Crippen molar-refractivity contribution in [2.24, 2.45) is 0 Å². The fourth-order valence-corrected chi connectivity index (χ4v) is 1.83. The van der Waals surface area contributed by atoms with Gasteiger partial charge in [-0.1, -0.05) is 0 Å². The molecule has 0 aromatic carbocycles. The van der Waals surface area contributed by atoms with Crippen molar-refractivity contribution in [2.45, 2.75) is 31.8 Å². The van der Waals surface area contributed by atoms with E-state index >= 15 is 0 Å². The van der Waals surface area contributed by atoms with Crippen molar-refractivity contribution in [1.29, 1.82) is 0 Å². The minimum atomic E-state index is 0.375. The Bertz CT molecular complexity index is 352. The predicted molar refractivity (Wildman–Crippen MR) is 54.9 cm³/mol. The van der Waals surface area contributed by atoms with Gasteiger partial charge in [-0.05, 0) is 31.5 Å². The minimum absolute atomic E-state index is 0.375. The van der Waals surface area contributed by atoms with Crippen molar-refractivity contribution in [3.63, 3.8) is 0 Å². The lowest BCUT2D eigenvalue weighted by Crippen LogP contribution is -2.15. The molecular formula is C8H14N4OS. The van der Waals surface area contributed by atoms with Crippen LogP contribution in [-0.4, -0.2) is 27.6 Å². The van der Waals surface area contributed by atoms with Gasteiger partial charge < -0.3 is 10.6 Å². The van der Waals surface area contributed by atoms with Gasteiger partial charge in [0, 0.05) is 13.0 Å². The topological polar surface area (TPSA) is 68.9 Å². The molecule has 1 unspecified atom stereocenters. The zero-order valence-corrected chi connectivity index (χ0v) is 8.72. The van der Waals surface area contributed by atoms with E-state index in [-0.39, 0.29) is 0 Å². The van der Waals surface area contributed by atoms with E-state index in [1.54, 1.807) is 0 Å². The lowest BCUT2D eigenvalue weighted by molar-refractivity contribution is 0.104. The van der Waals surface area contributed by atoms with E-state index in [1.807, 2.05) is 0 Å². The van der Waals surface area contributed by atoms with Crippen molar-refractivity contribution >= 4 is 12.2 Å². The molecule has 1 aromatic rings.